The van der Waals surface area contributed by atoms with Crippen LogP contribution in [0.2, 0.25) is 0 Å². The third kappa shape index (κ3) is 5.90. The van der Waals surface area contributed by atoms with Crippen LogP contribution in [0.25, 0.3) is 0 Å². The van der Waals surface area contributed by atoms with Gasteiger partial charge in [0.2, 0.25) is 0 Å². The fourth-order valence-corrected chi connectivity index (χ4v) is 2.68. The van der Waals surface area contributed by atoms with Gasteiger partial charge in [0.05, 0.1) is 0 Å². The highest BCUT2D eigenvalue weighted by molar-refractivity contribution is 5.68. The smallest absolute Gasteiger partial charge is 0.410 e. The average Bonchev–Trinajstić information content (AvgIpc) is 2.71. The molecule has 1 rings (SSSR count). The van der Waals surface area contributed by atoms with Gasteiger partial charge in [-0.15, -0.1) is 0 Å². The van der Waals surface area contributed by atoms with E-state index < -0.39 is 5.60 Å². The number of hydrogen-bond acceptors (Lipinski definition) is 3. The normalized spacial score (nSPS) is 11.6. The van der Waals surface area contributed by atoms with E-state index in [4.69, 9.17) is 4.74 Å². The van der Waals surface area contributed by atoms with Crippen molar-refractivity contribution in [3.8, 4) is 0 Å². The maximum absolute atomic E-state index is 12.1. The molecule has 0 fully saturated rings. The van der Waals surface area contributed by atoms with Crippen LogP contribution >= 0.6 is 0 Å². The zero-order chi connectivity index (χ0) is 17.6. The monoisotopic (exact) mass is 323 g/mol. The van der Waals surface area contributed by atoms with E-state index in [1.54, 1.807) is 4.90 Å². The lowest BCUT2D eigenvalue weighted by Crippen LogP contribution is -2.40. The molecule has 0 saturated carbocycles. The first kappa shape index (κ1) is 19.6. The van der Waals surface area contributed by atoms with Gasteiger partial charge in [-0.1, -0.05) is 0 Å². The molecular weight excluding hydrogens is 290 g/mol. The lowest BCUT2D eigenvalue weighted by Gasteiger charge is -2.26. The van der Waals surface area contributed by atoms with Crippen molar-refractivity contribution >= 4 is 6.09 Å². The number of hydrogen-bond donors (Lipinski definition) is 1. The molecular formula is C18H33N3O2. The topological polar surface area (TPSA) is 46.5 Å². The number of aromatic nitrogens is 1. The summed E-state index contributed by atoms with van der Waals surface area (Å²) >= 11 is 0. The Labute approximate surface area is 141 Å². The van der Waals surface area contributed by atoms with Crippen LogP contribution in [0, 0.1) is 13.8 Å². The Balaban J connectivity index is 2.45. The van der Waals surface area contributed by atoms with Gasteiger partial charge in [0, 0.05) is 44.1 Å². The minimum absolute atomic E-state index is 0.244. The molecule has 0 radical (unpaired) electrons. The molecule has 0 atom stereocenters. The first-order valence-corrected chi connectivity index (χ1v) is 8.53. The zero-order valence-electron chi connectivity index (χ0n) is 15.8. The molecule has 0 bridgehead atoms. The summed E-state index contributed by atoms with van der Waals surface area (Å²) < 4.78 is 7.73. The van der Waals surface area contributed by atoms with Crippen LogP contribution in [0.15, 0.2) is 6.07 Å². The van der Waals surface area contributed by atoms with Crippen molar-refractivity contribution < 1.29 is 9.53 Å². The number of likely N-dealkylation sites (N-methyl/N-ethyl adjacent to an activating group) is 1. The number of amides is 1. The zero-order valence-corrected chi connectivity index (χ0v) is 15.8. The average molecular weight is 323 g/mol. The number of carbonyl (C=O) groups excluding carboxylic acids is 1. The van der Waals surface area contributed by atoms with Gasteiger partial charge in [0.15, 0.2) is 0 Å². The number of aryl methyl sites for hydroxylation is 1. The summed E-state index contributed by atoms with van der Waals surface area (Å²) in [6, 6.07) is 2.23. The molecule has 1 heterocycles. The second kappa shape index (κ2) is 8.39. The van der Waals surface area contributed by atoms with Gasteiger partial charge in [-0.2, -0.15) is 0 Å². The van der Waals surface area contributed by atoms with Crippen LogP contribution in [-0.4, -0.2) is 40.8 Å². The first-order chi connectivity index (χ1) is 10.7. The van der Waals surface area contributed by atoms with Gasteiger partial charge >= 0.3 is 6.09 Å². The largest absolute Gasteiger partial charge is 0.444 e. The second-order valence-corrected chi connectivity index (χ2v) is 6.88. The van der Waals surface area contributed by atoms with E-state index in [9.17, 15) is 4.79 Å². The molecule has 0 aliphatic rings. The molecule has 23 heavy (non-hydrogen) atoms. The third-order valence-corrected chi connectivity index (χ3v) is 3.90. The molecule has 0 unspecified atom stereocenters. The second-order valence-electron chi connectivity index (χ2n) is 6.88. The maximum Gasteiger partial charge on any atom is 0.410 e. The number of rotatable bonds is 7. The van der Waals surface area contributed by atoms with Crippen molar-refractivity contribution in [3.05, 3.63) is 23.0 Å². The highest BCUT2D eigenvalue weighted by Crippen LogP contribution is 2.14. The molecule has 1 N–H and O–H groups in total. The predicted octanol–water partition coefficient (Wildman–Crippen LogP) is 3.47. The van der Waals surface area contributed by atoms with Crippen LogP contribution < -0.4 is 5.32 Å². The Morgan fingerprint density at radius 1 is 1.30 bits per heavy atom. The first-order valence-electron chi connectivity index (χ1n) is 8.53. The standard InChI is InChI=1S/C18H33N3O2/c1-8-20(17(22)23-18(5,6)7)11-10-19-13-16-12-14(3)21(9-2)15(16)4/h12,19H,8-11,13H2,1-7H3. The quantitative estimate of drug-likeness (QED) is 0.782. The van der Waals surface area contributed by atoms with Crippen molar-refractivity contribution in [2.75, 3.05) is 19.6 Å². The fourth-order valence-electron chi connectivity index (χ4n) is 2.68. The van der Waals surface area contributed by atoms with E-state index in [0.29, 0.717) is 13.1 Å². The summed E-state index contributed by atoms with van der Waals surface area (Å²) in [6.07, 6.45) is -0.244. The number of ether oxygens (including phenoxy) is 1. The molecule has 0 saturated heterocycles. The van der Waals surface area contributed by atoms with Gasteiger partial charge in [0.25, 0.3) is 0 Å². The van der Waals surface area contributed by atoms with E-state index in [-0.39, 0.29) is 6.09 Å². The van der Waals surface area contributed by atoms with Crippen LogP contribution in [0.5, 0.6) is 0 Å². The van der Waals surface area contributed by atoms with Gasteiger partial charge < -0.3 is 19.5 Å². The minimum atomic E-state index is -0.449. The van der Waals surface area contributed by atoms with Gasteiger partial charge in [-0.25, -0.2) is 4.79 Å². The van der Waals surface area contributed by atoms with E-state index in [0.717, 1.165) is 19.6 Å². The predicted molar refractivity (Wildman–Crippen MR) is 94.8 cm³/mol. The van der Waals surface area contributed by atoms with Crippen LogP contribution in [0.4, 0.5) is 4.79 Å². The van der Waals surface area contributed by atoms with E-state index in [1.807, 2.05) is 27.7 Å². The molecule has 1 aromatic heterocycles. The van der Waals surface area contributed by atoms with Crippen molar-refractivity contribution in [3.63, 3.8) is 0 Å². The molecule has 132 valence electrons. The lowest BCUT2D eigenvalue weighted by molar-refractivity contribution is 0.0262. The Morgan fingerprint density at radius 2 is 1.96 bits per heavy atom. The molecule has 0 aliphatic heterocycles. The van der Waals surface area contributed by atoms with Crippen LogP contribution in [0.3, 0.4) is 0 Å². The van der Waals surface area contributed by atoms with E-state index in [2.05, 4.69) is 36.7 Å². The SMILES string of the molecule is CCN(CCNCc1cc(C)n(CC)c1C)C(=O)OC(C)(C)C. The van der Waals surface area contributed by atoms with Crippen molar-refractivity contribution in [2.24, 2.45) is 0 Å². The van der Waals surface area contributed by atoms with Crippen LogP contribution in [0.1, 0.15) is 51.6 Å². The Hall–Kier alpha value is -1.49. The summed E-state index contributed by atoms with van der Waals surface area (Å²) in [7, 11) is 0. The molecule has 5 heteroatoms. The van der Waals surface area contributed by atoms with E-state index in [1.165, 1.54) is 17.0 Å². The molecule has 0 spiro atoms. The Kier molecular flexibility index (Phi) is 7.13. The molecule has 1 amide bonds. The van der Waals surface area contributed by atoms with Gasteiger partial charge in [0.1, 0.15) is 5.60 Å². The highest BCUT2D eigenvalue weighted by Gasteiger charge is 2.20. The minimum Gasteiger partial charge on any atom is -0.444 e. The number of carbonyl (C=O) groups is 1. The number of nitrogens with one attached hydrogen (secondary N) is 1. The maximum atomic E-state index is 12.1. The number of nitrogens with zero attached hydrogens (tertiary/aromatic N) is 2. The third-order valence-electron chi connectivity index (χ3n) is 3.90. The summed E-state index contributed by atoms with van der Waals surface area (Å²) in [5, 5.41) is 3.43. The van der Waals surface area contributed by atoms with Gasteiger partial charge in [-0.05, 0) is 60.1 Å². The highest BCUT2D eigenvalue weighted by atomic mass is 16.6. The lowest BCUT2D eigenvalue weighted by atomic mass is 10.2. The summed E-state index contributed by atoms with van der Waals surface area (Å²) in [4.78, 5) is 13.8. The Morgan fingerprint density at radius 3 is 2.43 bits per heavy atom. The van der Waals surface area contributed by atoms with Gasteiger partial charge in [-0.3, -0.25) is 0 Å². The van der Waals surface area contributed by atoms with Crippen molar-refractivity contribution in [1.82, 2.24) is 14.8 Å². The van der Waals surface area contributed by atoms with Crippen molar-refractivity contribution in [1.29, 1.82) is 0 Å². The molecule has 0 aliphatic carbocycles. The fraction of sp³-hybridized carbons (Fsp3) is 0.722. The molecule has 0 aromatic carbocycles. The summed E-state index contributed by atoms with van der Waals surface area (Å²) in [5.41, 5.74) is 3.49. The van der Waals surface area contributed by atoms with Crippen LogP contribution in [-0.2, 0) is 17.8 Å². The van der Waals surface area contributed by atoms with E-state index >= 15 is 0 Å². The molecule has 5 nitrogen and oxygen atoms in total. The summed E-state index contributed by atoms with van der Waals surface area (Å²) in [6.45, 7) is 18.0. The summed E-state index contributed by atoms with van der Waals surface area (Å²) in [5.74, 6) is 0. The van der Waals surface area contributed by atoms with Crippen molar-refractivity contribution in [2.45, 2.75) is 67.2 Å². The molecule has 1 aromatic rings. The Bertz CT molecular complexity index is 515.